The maximum Gasteiger partial charge on any atom is 0.258 e. The molecule has 1 aliphatic rings. The first-order chi connectivity index (χ1) is 16.3. The van der Waals surface area contributed by atoms with Gasteiger partial charge in [0.2, 0.25) is 0 Å². The van der Waals surface area contributed by atoms with Crippen LogP contribution in [0.15, 0.2) is 48.7 Å². The average molecular weight is 463 g/mol. The largest absolute Gasteiger partial charge is 0.493 e. The van der Waals surface area contributed by atoms with Gasteiger partial charge >= 0.3 is 0 Å². The lowest BCUT2D eigenvalue weighted by Crippen LogP contribution is -2.41. The van der Waals surface area contributed by atoms with Gasteiger partial charge < -0.3 is 19.7 Å². The second-order valence-corrected chi connectivity index (χ2v) is 8.63. The highest BCUT2D eigenvalue weighted by Gasteiger charge is 2.34. The standard InChI is InChI=1S/C26H30N4O4/c1-16(2)30-15-21-24(28-30)20(27-25(31)19-9-7-6-8-17(19)3)12-13-29(21)26(32)18-10-11-22(33-4)23(14-18)34-5/h6-11,14-16,20H,12-13H2,1-5H3,(H,27,31). The molecule has 8 heteroatoms. The zero-order chi connectivity index (χ0) is 24.4. The van der Waals surface area contributed by atoms with Gasteiger partial charge in [-0.05, 0) is 57.0 Å². The highest BCUT2D eigenvalue weighted by molar-refractivity contribution is 6.07. The molecule has 1 atom stereocenters. The number of rotatable bonds is 6. The fourth-order valence-electron chi connectivity index (χ4n) is 4.17. The Morgan fingerprint density at radius 1 is 1.09 bits per heavy atom. The Balaban J connectivity index is 1.66. The quantitative estimate of drug-likeness (QED) is 0.590. The van der Waals surface area contributed by atoms with E-state index in [9.17, 15) is 9.59 Å². The van der Waals surface area contributed by atoms with E-state index in [0.29, 0.717) is 47.0 Å². The third-order valence-electron chi connectivity index (χ3n) is 6.10. The first-order valence-electron chi connectivity index (χ1n) is 11.3. The zero-order valence-corrected chi connectivity index (χ0v) is 20.2. The van der Waals surface area contributed by atoms with Crippen LogP contribution in [-0.2, 0) is 0 Å². The average Bonchev–Trinajstić information content (AvgIpc) is 3.30. The normalized spacial score (nSPS) is 15.1. The Kier molecular flexibility index (Phi) is 6.58. The van der Waals surface area contributed by atoms with Gasteiger partial charge in [0.15, 0.2) is 11.5 Å². The highest BCUT2D eigenvalue weighted by Crippen LogP contribution is 2.36. The number of carbonyl (C=O) groups excluding carboxylic acids is 2. The number of aryl methyl sites for hydroxylation is 1. The van der Waals surface area contributed by atoms with E-state index in [1.165, 1.54) is 0 Å². The van der Waals surface area contributed by atoms with Crippen molar-refractivity contribution in [1.82, 2.24) is 15.1 Å². The lowest BCUT2D eigenvalue weighted by molar-refractivity contribution is 0.0931. The number of aromatic nitrogens is 2. The number of hydrogen-bond acceptors (Lipinski definition) is 5. The maximum absolute atomic E-state index is 13.5. The van der Waals surface area contributed by atoms with E-state index in [-0.39, 0.29) is 23.9 Å². The minimum absolute atomic E-state index is 0.108. The lowest BCUT2D eigenvalue weighted by atomic mass is 10.0. The van der Waals surface area contributed by atoms with Crippen molar-refractivity contribution in [2.75, 3.05) is 25.7 Å². The Morgan fingerprint density at radius 3 is 2.50 bits per heavy atom. The molecule has 0 fully saturated rings. The van der Waals surface area contributed by atoms with Gasteiger partial charge in [-0.25, -0.2) is 0 Å². The topological polar surface area (TPSA) is 85.7 Å². The molecular weight excluding hydrogens is 432 g/mol. The molecule has 8 nitrogen and oxygen atoms in total. The predicted molar refractivity (Wildman–Crippen MR) is 130 cm³/mol. The third kappa shape index (κ3) is 4.35. The van der Waals surface area contributed by atoms with Crippen molar-refractivity contribution < 1.29 is 19.1 Å². The van der Waals surface area contributed by atoms with Gasteiger partial charge in [0.05, 0.1) is 25.9 Å². The monoisotopic (exact) mass is 462 g/mol. The molecule has 0 spiro atoms. The van der Waals surface area contributed by atoms with Crippen molar-refractivity contribution in [2.45, 2.75) is 39.3 Å². The number of nitrogens with zero attached hydrogens (tertiary/aromatic N) is 3. The fraction of sp³-hybridized carbons (Fsp3) is 0.346. The van der Waals surface area contributed by atoms with E-state index >= 15 is 0 Å². The molecule has 1 aliphatic heterocycles. The fourth-order valence-corrected chi connectivity index (χ4v) is 4.17. The van der Waals surface area contributed by atoms with Crippen molar-refractivity contribution in [3.63, 3.8) is 0 Å². The SMILES string of the molecule is COc1ccc(C(=O)N2CCC(NC(=O)c3ccccc3C)c3nn(C(C)C)cc32)cc1OC. The van der Waals surface area contributed by atoms with E-state index in [1.54, 1.807) is 37.3 Å². The molecule has 178 valence electrons. The van der Waals surface area contributed by atoms with Crippen LogP contribution in [-0.4, -0.2) is 42.4 Å². The van der Waals surface area contributed by atoms with Crippen molar-refractivity contribution in [3.8, 4) is 11.5 Å². The van der Waals surface area contributed by atoms with E-state index in [2.05, 4.69) is 5.32 Å². The van der Waals surface area contributed by atoms with Gasteiger partial charge in [0, 0.05) is 29.9 Å². The molecule has 1 aromatic heterocycles. The van der Waals surface area contributed by atoms with Crippen LogP contribution in [0.25, 0.3) is 0 Å². The van der Waals surface area contributed by atoms with E-state index in [0.717, 1.165) is 5.56 Å². The van der Waals surface area contributed by atoms with E-state index in [1.807, 2.05) is 55.9 Å². The van der Waals surface area contributed by atoms with Crippen LogP contribution in [0.3, 0.4) is 0 Å². The Labute approximate surface area is 199 Å². The van der Waals surface area contributed by atoms with E-state index < -0.39 is 0 Å². The smallest absolute Gasteiger partial charge is 0.258 e. The molecule has 0 saturated heterocycles. The number of benzene rings is 2. The summed E-state index contributed by atoms with van der Waals surface area (Å²) < 4.78 is 12.5. The van der Waals surface area contributed by atoms with Gasteiger partial charge in [0.25, 0.3) is 11.8 Å². The molecule has 4 rings (SSSR count). The summed E-state index contributed by atoms with van der Waals surface area (Å²) in [4.78, 5) is 28.2. The lowest BCUT2D eigenvalue weighted by Gasteiger charge is -2.31. The summed E-state index contributed by atoms with van der Waals surface area (Å²) in [6.45, 7) is 6.42. The number of nitrogens with one attached hydrogen (secondary N) is 1. The number of methoxy groups -OCH3 is 2. The molecule has 1 N–H and O–H groups in total. The molecule has 2 aromatic carbocycles. The first-order valence-corrected chi connectivity index (χ1v) is 11.3. The molecule has 3 aromatic rings. The molecule has 34 heavy (non-hydrogen) atoms. The van der Waals surface area contributed by atoms with Crippen LogP contribution >= 0.6 is 0 Å². The number of carbonyl (C=O) groups is 2. The number of anilines is 1. The Hall–Kier alpha value is -3.81. The zero-order valence-electron chi connectivity index (χ0n) is 20.2. The summed E-state index contributed by atoms with van der Waals surface area (Å²) in [7, 11) is 3.10. The maximum atomic E-state index is 13.5. The van der Waals surface area contributed by atoms with Gasteiger partial charge in [0.1, 0.15) is 5.69 Å². The second-order valence-electron chi connectivity index (χ2n) is 8.63. The van der Waals surface area contributed by atoms with Crippen LogP contribution < -0.4 is 19.7 Å². The Bertz CT molecular complexity index is 1220. The van der Waals surface area contributed by atoms with Crippen molar-refractivity contribution in [1.29, 1.82) is 0 Å². The molecule has 2 heterocycles. The van der Waals surface area contributed by atoms with E-state index in [4.69, 9.17) is 14.6 Å². The number of amides is 2. The molecule has 0 bridgehead atoms. The summed E-state index contributed by atoms with van der Waals surface area (Å²) >= 11 is 0. The number of fused-ring (bicyclic) bond motifs is 1. The summed E-state index contributed by atoms with van der Waals surface area (Å²) in [6, 6.07) is 12.4. The van der Waals surface area contributed by atoms with Crippen LogP contribution in [0.1, 0.15) is 64.3 Å². The Morgan fingerprint density at radius 2 is 1.82 bits per heavy atom. The van der Waals surface area contributed by atoms with Crippen LogP contribution in [0.4, 0.5) is 5.69 Å². The highest BCUT2D eigenvalue weighted by atomic mass is 16.5. The van der Waals surface area contributed by atoms with Crippen molar-refractivity contribution in [2.24, 2.45) is 0 Å². The third-order valence-corrected chi connectivity index (χ3v) is 6.10. The molecule has 2 amide bonds. The van der Waals surface area contributed by atoms with Gasteiger partial charge in [-0.3, -0.25) is 14.3 Å². The molecule has 1 unspecified atom stereocenters. The summed E-state index contributed by atoms with van der Waals surface area (Å²) in [6.07, 6.45) is 2.43. The van der Waals surface area contributed by atoms with Crippen LogP contribution in [0, 0.1) is 6.92 Å². The van der Waals surface area contributed by atoms with Gasteiger partial charge in [-0.1, -0.05) is 18.2 Å². The minimum atomic E-state index is -0.295. The van der Waals surface area contributed by atoms with Crippen LogP contribution in [0.2, 0.25) is 0 Å². The van der Waals surface area contributed by atoms with Crippen molar-refractivity contribution >= 4 is 17.5 Å². The molecule has 0 saturated carbocycles. The summed E-state index contributed by atoms with van der Waals surface area (Å²) in [5.41, 5.74) is 3.43. The minimum Gasteiger partial charge on any atom is -0.493 e. The summed E-state index contributed by atoms with van der Waals surface area (Å²) in [5, 5.41) is 7.88. The van der Waals surface area contributed by atoms with Crippen LogP contribution in [0.5, 0.6) is 11.5 Å². The molecule has 0 radical (unpaired) electrons. The number of hydrogen-bond donors (Lipinski definition) is 1. The summed E-state index contributed by atoms with van der Waals surface area (Å²) in [5.74, 6) is 0.749. The van der Waals surface area contributed by atoms with Crippen molar-refractivity contribution in [3.05, 3.63) is 71.0 Å². The van der Waals surface area contributed by atoms with Gasteiger partial charge in [-0.15, -0.1) is 0 Å². The number of ether oxygens (including phenoxy) is 2. The first kappa shape index (κ1) is 23.4. The predicted octanol–water partition coefficient (Wildman–Crippen LogP) is 4.31. The second kappa shape index (κ2) is 9.59. The molecule has 0 aliphatic carbocycles. The molecular formula is C26H30N4O4. The van der Waals surface area contributed by atoms with Gasteiger partial charge in [-0.2, -0.15) is 5.10 Å².